The number of carbonyl (C=O) groups excluding carboxylic acids is 2. The monoisotopic (exact) mass is 507 g/mol. The van der Waals surface area contributed by atoms with Gasteiger partial charge in [-0.3, -0.25) is 9.69 Å². The number of rotatable bonds is 6. The van der Waals surface area contributed by atoms with Crippen molar-refractivity contribution < 1.29 is 14.3 Å². The maximum Gasteiger partial charge on any atom is 0.338 e. The fraction of sp³-hybridized carbons (Fsp3) is 0.484. The van der Waals surface area contributed by atoms with Gasteiger partial charge in [-0.15, -0.1) is 0 Å². The van der Waals surface area contributed by atoms with E-state index in [0.29, 0.717) is 18.6 Å². The molecule has 2 aromatic carbocycles. The summed E-state index contributed by atoms with van der Waals surface area (Å²) in [5.74, 6) is -0.306. The van der Waals surface area contributed by atoms with Crippen LogP contribution in [0.2, 0.25) is 5.02 Å². The molecule has 1 aliphatic heterocycles. The molecule has 192 valence electrons. The first-order valence-corrected chi connectivity index (χ1v) is 13.3. The summed E-state index contributed by atoms with van der Waals surface area (Å²) in [6, 6.07) is 13.5. The van der Waals surface area contributed by atoms with Crippen LogP contribution < -0.4 is 4.90 Å². The number of ether oxygens (including phenoxy) is 1. The third-order valence-corrected chi connectivity index (χ3v) is 8.16. The van der Waals surface area contributed by atoms with Gasteiger partial charge in [0.25, 0.3) is 0 Å². The number of nitrogens with zero attached hydrogens (tertiary/aromatic N) is 1. The first kappa shape index (κ1) is 26.5. The van der Waals surface area contributed by atoms with Crippen LogP contribution in [0.25, 0.3) is 0 Å². The number of fused-ring (bicyclic) bond motifs is 1. The highest BCUT2D eigenvalue weighted by Gasteiger charge is 2.53. The van der Waals surface area contributed by atoms with Crippen LogP contribution in [0.1, 0.15) is 88.7 Å². The number of benzene rings is 2. The number of amides is 1. The van der Waals surface area contributed by atoms with Gasteiger partial charge in [0.2, 0.25) is 5.91 Å². The van der Waals surface area contributed by atoms with Crippen molar-refractivity contribution in [2.45, 2.75) is 79.1 Å². The summed E-state index contributed by atoms with van der Waals surface area (Å²) >= 11 is 6.81. The lowest BCUT2D eigenvalue weighted by Gasteiger charge is -2.41. The molecule has 1 fully saturated rings. The Morgan fingerprint density at radius 2 is 1.78 bits per heavy atom. The van der Waals surface area contributed by atoms with E-state index >= 15 is 0 Å². The zero-order valence-electron chi connectivity index (χ0n) is 22.4. The molecule has 0 bridgehead atoms. The smallest absolute Gasteiger partial charge is 0.338 e. The van der Waals surface area contributed by atoms with Gasteiger partial charge >= 0.3 is 5.97 Å². The molecular weight excluding hydrogens is 470 g/mol. The Labute approximate surface area is 220 Å². The number of halogens is 1. The van der Waals surface area contributed by atoms with Crippen LogP contribution in [0.4, 0.5) is 5.69 Å². The van der Waals surface area contributed by atoms with E-state index in [1.807, 2.05) is 18.3 Å². The molecule has 1 amide bonds. The van der Waals surface area contributed by atoms with Gasteiger partial charge in [-0.2, -0.15) is 0 Å². The van der Waals surface area contributed by atoms with Gasteiger partial charge in [0.05, 0.1) is 12.2 Å². The predicted molar refractivity (Wildman–Crippen MR) is 147 cm³/mol. The highest BCUT2D eigenvalue weighted by molar-refractivity contribution is 6.31. The normalized spacial score (nSPS) is 21.2. The summed E-state index contributed by atoms with van der Waals surface area (Å²) < 4.78 is 5.09. The van der Waals surface area contributed by atoms with E-state index in [0.717, 1.165) is 42.0 Å². The minimum atomic E-state index is -0.355. The second-order valence-electron chi connectivity index (χ2n) is 12.1. The van der Waals surface area contributed by atoms with Gasteiger partial charge in [-0.25, -0.2) is 4.79 Å². The summed E-state index contributed by atoms with van der Waals surface area (Å²) in [7, 11) is 0. The largest absolute Gasteiger partial charge is 0.462 e. The average molecular weight is 508 g/mol. The summed E-state index contributed by atoms with van der Waals surface area (Å²) in [6.45, 7) is 13.4. The lowest BCUT2D eigenvalue weighted by atomic mass is 9.68. The standard InChI is InChI=1S/C31H38ClNO3/c1-7-36-28(35)22-9-12-24(13-10-22)33-20-26-30(5,6)16-17-31(26,19-27(33)34)23-11-8-21(25(32)18-23)14-15-29(2,3)4/h8-13,18,20H,7,14-17,19H2,1-6H3/t31-/m0/s1. The van der Waals surface area contributed by atoms with Crippen LogP contribution in [0.5, 0.6) is 0 Å². The topological polar surface area (TPSA) is 46.6 Å². The molecule has 5 heteroatoms. The quantitative estimate of drug-likeness (QED) is 0.373. The molecule has 0 radical (unpaired) electrons. The number of anilines is 1. The lowest BCUT2D eigenvalue weighted by molar-refractivity contribution is -0.119. The number of carbonyl (C=O) groups is 2. The number of hydrogen-bond donors (Lipinski definition) is 0. The molecule has 36 heavy (non-hydrogen) atoms. The Bertz CT molecular complexity index is 1190. The van der Waals surface area contributed by atoms with E-state index in [1.54, 1.807) is 24.0 Å². The van der Waals surface area contributed by atoms with Crippen LogP contribution in [0.15, 0.2) is 54.2 Å². The number of allylic oxidation sites excluding steroid dienone is 1. The molecule has 1 heterocycles. The van der Waals surface area contributed by atoms with Gasteiger partial charge in [0.1, 0.15) is 0 Å². The fourth-order valence-electron chi connectivity index (χ4n) is 5.62. The average Bonchev–Trinajstić information content (AvgIpc) is 3.08. The molecule has 4 rings (SSSR count). The first-order valence-electron chi connectivity index (χ1n) is 13.0. The lowest BCUT2D eigenvalue weighted by Crippen LogP contribution is -2.42. The summed E-state index contributed by atoms with van der Waals surface area (Å²) in [6.07, 6.45) is 6.38. The van der Waals surface area contributed by atoms with Gasteiger partial charge in [-0.05, 0) is 90.5 Å². The highest BCUT2D eigenvalue weighted by atomic mass is 35.5. The number of hydrogen-bond acceptors (Lipinski definition) is 3. The van der Waals surface area contributed by atoms with Crippen LogP contribution in [0.3, 0.4) is 0 Å². The molecule has 1 aliphatic carbocycles. The van der Waals surface area contributed by atoms with Crippen molar-refractivity contribution in [3.63, 3.8) is 0 Å². The fourth-order valence-corrected chi connectivity index (χ4v) is 5.89. The van der Waals surface area contributed by atoms with Crippen molar-refractivity contribution >= 4 is 29.2 Å². The van der Waals surface area contributed by atoms with Crippen molar-refractivity contribution in [2.24, 2.45) is 10.8 Å². The maximum atomic E-state index is 13.6. The Balaban J connectivity index is 1.68. The van der Waals surface area contributed by atoms with Crippen LogP contribution in [-0.4, -0.2) is 18.5 Å². The van der Waals surface area contributed by atoms with E-state index in [9.17, 15) is 9.59 Å². The summed E-state index contributed by atoms with van der Waals surface area (Å²) in [5.41, 5.74) is 4.67. The third kappa shape index (κ3) is 5.11. The SMILES string of the molecule is CCOC(=O)c1ccc(N2C=C3C(C)(C)CC[C@@]3(c3ccc(CCC(C)(C)C)c(Cl)c3)CC2=O)cc1. The predicted octanol–water partition coefficient (Wildman–Crippen LogP) is 7.87. The molecule has 0 unspecified atom stereocenters. The zero-order valence-corrected chi connectivity index (χ0v) is 23.2. The number of esters is 1. The van der Waals surface area contributed by atoms with Crippen molar-refractivity contribution in [3.05, 3.63) is 76.0 Å². The zero-order chi connectivity index (χ0) is 26.3. The molecule has 0 saturated heterocycles. The second-order valence-corrected chi connectivity index (χ2v) is 12.5. The van der Waals surface area contributed by atoms with Gasteiger partial charge < -0.3 is 4.74 Å². The van der Waals surface area contributed by atoms with E-state index in [2.05, 4.69) is 52.8 Å². The molecule has 1 saturated carbocycles. The van der Waals surface area contributed by atoms with Crippen LogP contribution in [-0.2, 0) is 21.4 Å². The van der Waals surface area contributed by atoms with E-state index in [1.165, 1.54) is 11.1 Å². The molecule has 1 atom stereocenters. The van der Waals surface area contributed by atoms with E-state index in [-0.39, 0.29) is 28.1 Å². The number of aryl methyl sites for hydroxylation is 1. The van der Waals surface area contributed by atoms with Gasteiger partial charge in [0, 0.05) is 28.7 Å². The van der Waals surface area contributed by atoms with Crippen molar-refractivity contribution in [3.8, 4) is 0 Å². The first-order chi connectivity index (χ1) is 16.9. The Hall–Kier alpha value is -2.59. The molecule has 0 spiro atoms. The maximum absolute atomic E-state index is 13.6. The Morgan fingerprint density at radius 1 is 1.08 bits per heavy atom. The second kappa shape index (κ2) is 9.70. The van der Waals surface area contributed by atoms with Crippen molar-refractivity contribution in [1.82, 2.24) is 0 Å². The van der Waals surface area contributed by atoms with Gasteiger partial charge in [-0.1, -0.05) is 58.4 Å². The van der Waals surface area contributed by atoms with Crippen LogP contribution in [0, 0.1) is 10.8 Å². The molecule has 0 N–H and O–H groups in total. The minimum absolute atomic E-state index is 0.0405. The van der Waals surface area contributed by atoms with Crippen LogP contribution >= 0.6 is 11.6 Å². The van der Waals surface area contributed by atoms with Crippen molar-refractivity contribution in [1.29, 1.82) is 0 Å². The summed E-state index contributed by atoms with van der Waals surface area (Å²) in [4.78, 5) is 27.4. The Kier molecular flexibility index (Phi) is 7.13. The molecule has 2 aliphatic rings. The summed E-state index contributed by atoms with van der Waals surface area (Å²) in [5, 5.41) is 0.791. The van der Waals surface area contributed by atoms with Gasteiger partial charge in [0.15, 0.2) is 0 Å². The third-order valence-electron chi connectivity index (χ3n) is 7.81. The molecule has 0 aromatic heterocycles. The van der Waals surface area contributed by atoms with Crippen molar-refractivity contribution in [2.75, 3.05) is 11.5 Å². The molecule has 2 aromatic rings. The van der Waals surface area contributed by atoms with E-state index in [4.69, 9.17) is 16.3 Å². The molecular formula is C31H38ClNO3. The Morgan fingerprint density at radius 3 is 2.39 bits per heavy atom. The van der Waals surface area contributed by atoms with E-state index < -0.39 is 0 Å². The minimum Gasteiger partial charge on any atom is -0.462 e. The highest BCUT2D eigenvalue weighted by Crippen LogP contribution is 2.59. The molecule has 4 nitrogen and oxygen atoms in total.